The number of aromatic amines is 1. The maximum atomic E-state index is 6.36. The Labute approximate surface area is 235 Å². The summed E-state index contributed by atoms with van der Waals surface area (Å²) >= 11 is 0. The predicted molar refractivity (Wildman–Crippen MR) is 161 cm³/mol. The number of nitrogens with one attached hydrogen (secondary N) is 2. The molecule has 0 atom stereocenters. The normalized spacial score (nSPS) is 13.4. The van der Waals surface area contributed by atoms with Gasteiger partial charge in [-0.25, -0.2) is 15.0 Å². The molecule has 1 aliphatic carbocycles. The summed E-state index contributed by atoms with van der Waals surface area (Å²) in [5.41, 5.74) is 14.4. The molecule has 0 unspecified atom stereocenters. The van der Waals surface area contributed by atoms with Crippen molar-refractivity contribution in [3.8, 4) is 16.9 Å². The number of rotatable bonds is 8. The van der Waals surface area contributed by atoms with Crippen molar-refractivity contribution in [3.05, 3.63) is 84.7 Å². The Hall–Kier alpha value is -4.37. The number of anilines is 1. The van der Waals surface area contributed by atoms with Gasteiger partial charge in [0, 0.05) is 48.0 Å². The van der Waals surface area contributed by atoms with Crippen LogP contribution in [0.3, 0.4) is 0 Å². The lowest BCUT2D eigenvalue weighted by Gasteiger charge is -2.12. The van der Waals surface area contributed by atoms with E-state index in [1.807, 2.05) is 56.1 Å². The van der Waals surface area contributed by atoms with E-state index in [0.29, 0.717) is 22.7 Å². The fraction of sp³-hybridized carbons (Fsp3) is 0.323. The Kier molecular flexibility index (Phi) is 8.31. The van der Waals surface area contributed by atoms with Crippen LogP contribution in [0.5, 0.6) is 0 Å². The van der Waals surface area contributed by atoms with Gasteiger partial charge in [-0.1, -0.05) is 33.3 Å². The fourth-order valence-corrected chi connectivity index (χ4v) is 5.18. The van der Waals surface area contributed by atoms with Gasteiger partial charge in [0.15, 0.2) is 5.65 Å². The Morgan fingerprint density at radius 3 is 2.73 bits per heavy atom. The van der Waals surface area contributed by atoms with E-state index in [4.69, 9.17) is 10.7 Å². The average molecular weight is 536 g/mol. The first-order valence-electron chi connectivity index (χ1n) is 14.0. The van der Waals surface area contributed by atoms with Crippen LogP contribution in [0, 0.1) is 12.8 Å². The second kappa shape index (κ2) is 12.2. The number of pyridine rings is 3. The first-order valence-corrected chi connectivity index (χ1v) is 14.0. The molecule has 0 spiro atoms. The van der Waals surface area contributed by atoms with Gasteiger partial charge in [-0.15, -0.1) is 0 Å². The summed E-state index contributed by atoms with van der Waals surface area (Å²) < 4.78 is 1.95. The number of hydrogen-bond donors (Lipinski definition) is 3. The minimum absolute atomic E-state index is 0.528. The number of aromatic nitrogens is 7. The van der Waals surface area contributed by atoms with Gasteiger partial charge in [0.2, 0.25) is 0 Å². The van der Waals surface area contributed by atoms with Gasteiger partial charge in [-0.05, 0) is 56.0 Å². The summed E-state index contributed by atoms with van der Waals surface area (Å²) in [6.07, 6.45) is 16.3. The highest BCUT2D eigenvalue weighted by Crippen LogP contribution is 2.30. The van der Waals surface area contributed by atoms with Gasteiger partial charge < -0.3 is 20.6 Å². The molecule has 5 heterocycles. The molecular formula is C31H37N9. The second-order valence-electron chi connectivity index (χ2n) is 10.0. The average Bonchev–Trinajstić information content (AvgIpc) is 3.75. The number of aryl methyl sites for hydroxylation is 1. The highest BCUT2D eigenvalue weighted by molar-refractivity contribution is 5.88. The molecule has 1 fully saturated rings. The van der Waals surface area contributed by atoms with Crippen molar-refractivity contribution in [2.45, 2.75) is 53.0 Å². The van der Waals surface area contributed by atoms with Crippen molar-refractivity contribution >= 4 is 22.4 Å². The van der Waals surface area contributed by atoms with E-state index in [9.17, 15) is 0 Å². The van der Waals surface area contributed by atoms with Crippen molar-refractivity contribution in [1.82, 2.24) is 39.8 Å². The number of imidazole rings is 2. The smallest absolute Gasteiger partial charge is 0.180 e. The molecule has 9 nitrogen and oxygen atoms in total. The van der Waals surface area contributed by atoms with E-state index in [1.165, 1.54) is 25.7 Å². The van der Waals surface area contributed by atoms with Gasteiger partial charge >= 0.3 is 0 Å². The zero-order chi connectivity index (χ0) is 28.1. The van der Waals surface area contributed by atoms with Gasteiger partial charge in [0.05, 0.1) is 35.3 Å². The minimum Gasteiger partial charge on any atom is -0.397 e. The predicted octanol–water partition coefficient (Wildman–Crippen LogP) is 5.86. The number of nitrogens with zero attached hydrogens (tertiary/aromatic N) is 6. The van der Waals surface area contributed by atoms with Gasteiger partial charge in [0.25, 0.3) is 0 Å². The van der Waals surface area contributed by atoms with Crippen LogP contribution in [-0.2, 0) is 6.54 Å². The number of H-pyrrole nitrogens is 1. The van der Waals surface area contributed by atoms with Crippen molar-refractivity contribution in [1.29, 1.82) is 0 Å². The summed E-state index contributed by atoms with van der Waals surface area (Å²) in [5, 5.41) is 3.59. The third kappa shape index (κ3) is 5.79. The molecule has 1 aliphatic rings. The van der Waals surface area contributed by atoms with E-state index in [0.717, 1.165) is 58.3 Å². The standard InChI is InChI=1S/C29H31N9.C2H6/c1-18-16-38(17-35-18)26-7-8-33-29-27(26)36-28(37-29)19(2)23-10-25(34-15-24(23)30)22-9-21(13-32-14-22)12-31-11-20-5-3-4-6-20;1-2/h7-10,13-17,20,31H,2-6,11-12,30H2,1H3,(H,33,36,37);1-2H3. The summed E-state index contributed by atoms with van der Waals surface area (Å²) in [5.74, 6) is 1.40. The van der Waals surface area contributed by atoms with Crippen LogP contribution < -0.4 is 11.1 Å². The SMILES string of the molecule is C=C(c1nc2nccc(-n3cnc(C)c3)c2[nH]1)c1cc(-c2cncc(CNCC3CCCC3)c2)ncc1N.CC. The van der Waals surface area contributed by atoms with Gasteiger partial charge in [0.1, 0.15) is 11.3 Å². The molecule has 0 aromatic carbocycles. The van der Waals surface area contributed by atoms with Crippen LogP contribution in [0.15, 0.2) is 62.1 Å². The summed E-state index contributed by atoms with van der Waals surface area (Å²) in [6, 6.07) is 6.01. The Morgan fingerprint density at radius 2 is 1.95 bits per heavy atom. The Bertz CT molecular complexity index is 1610. The molecule has 0 bridgehead atoms. The van der Waals surface area contributed by atoms with E-state index in [1.54, 1.807) is 18.7 Å². The third-order valence-electron chi connectivity index (χ3n) is 7.23. The first kappa shape index (κ1) is 27.2. The highest BCUT2D eigenvalue weighted by Gasteiger charge is 2.17. The van der Waals surface area contributed by atoms with Crippen LogP contribution in [0.2, 0.25) is 0 Å². The molecule has 0 radical (unpaired) electrons. The van der Waals surface area contributed by atoms with Crippen LogP contribution in [0.25, 0.3) is 33.7 Å². The number of hydrogen-bond acceptors (Lipinski definition) is 7. The number of nitrogens with two attached hydrogens (primary N) is 1. The molecule has 0 saturated heterocycles. The monoisotopic (exact) mass is 535 g/mol. The van der Waals surface area contributed by atoms with E-state index in [2.05, 4.69) is 42.9 Å². The quantitative estimate of drug-likeness (QED) is 0.227. The minimum atomic E-state index is 0.528. The van der Waals surface area contributed by atoms with E-state index in [-0.39, 0.29) is 0 Å². The first-order chi connectivity index (χ1) is 19.5. The van der Waals surface area contributed by atoms with Crippen molar-refractivity contribution in [2.24, 2.45) is 5.92 Å². The Balaban J connectivity index is 0.00000158. The third-order valence-corrected chi connectivity index (χ3v) is 7.23. The van der Waals surface area contributed by atoms with E-state index < -0.39 is 0 Å². The van der Waals surface area contributed by atoms with Gasteiger partial charge in [-0.2, -0.15) is 0 Å². The molecule has 5 aromatic heterocycles. The van der Waals surface area contributed by atoms with E-state index >= 15 is 0 Å². The molecule has 206 valence electrons. The number of nitrogen functional groups attached to an aromatic ring is 1. The highest BCUT2D eigenvalue weighted by atomic mass is 15.1. The van der Waals surface area contributed by atoms with Crippen LogP contribution in [0.4, 0.5) is 5.69 Å². The topological polar surface area (TPSA) is 123 Å². The summed E-state index contributed by atoms with van der Waals surface area (Å²) in [4.78, 5) is 25.9. The lowest BCUT2D eigenvalue weighted by molar-refractivity contribution is 0.489. The Morgan fingerprint density at radius 1 is 1.12 bits per heavy atom. The zero-order valence-corrected chi connectivity index (χ0v) is 23.5. The number of fused-ring (bicyclic) bond motifs is 1. The summed E-state index contributed by atoms with van der Waals surface area (Å²) in [6.45, 7) is 12.1. The molecule has 40 heavy (non-hydrogen) atoms. The van der Waals surface area contributed by atoms with Gasteiger partial charge in [-0.3, -0.25) is 9.97 Å². The van der Waals surface area contributed by atoms with Crippen LogP contribution in [0.1, 0.15) is 62.2 Å². The largest absolute Gasteiger partial charge is 0.397 e. The maximum Gasteiger partial charge on any atom is 0.180 e. The lowest BCUT2D eigenvalue weighted by atomic mass is 10.0. The molecule has 0 aliphatic heterocycles. The van der Waals surface area contributed by atoms with Crippen molar-refractivity contribution < 1.29 is 0 Å². The molecule has 6 rings (SSSR count). The maximum absolute atomic E-state index is 6.36. The van der Waals surface area contributed by atoms with Crippen molar-refractivity contribution in [3.63, 3.8) is 0 Å². The molecule has 9 heteroatoms. The van der Waals surface area contributed by atoms with Crippen LogP contribution >= 0.6 is 0 Å². The lowest BCUT2D eigenvalue weighted by Crippen LogP contribution is -2.20. The zero-order valence-electron chi connectivity index (χ0n) is 23.5. The second-order valence-corrected chi connectivity index (χ2v) is 10.0. The van der Waals surface area contributed by atoms with Crippen molar-refractivity contribution in [2.75, 3.05) is 12.3 Å². The fourth-order valence-electron chi connectivity index (χ4n) is 5.18. The molecule has 5 aromatic rings. The van der Waals surface area contributed by atoms with Crippen LogP contribution in [-0.4, -0.2) is 41.0 Å². The molecule has 4 N–H and O–H groups in total. The molecule has 0 amide bonds. The molecule has 1 saturated carbocycles. The summed E-state index contributed by atoms with van der Waals surface area (Å²) in [7, 11) is 0. The molecular weight excluding hydrogens is 498 g/mol.